The molecule has 1 aliphatic carbocycles. The van der Waals surface area contributed by atoms with Crippen molar-refractivity contribution in [1.82, 2.24) is 9.88 Å². The van der Waals surface area contributed by atoms with Crippen molar-refractivity contribution in [3.63, 3.8) is 0 Å². The minimum atomic E-state index is -3.93. The normalized spacial score (nSPS) is 13.7. The quantitative estimate of drug-likeness (QED) is 0.180. The second kappa shape index (κ2) is 12.9. The molecule has 2 heterocycles. The first-order valence-corrected chi connectivity index (χ1v) is 17.7. The summed E-state index contributed by atoms with van der Waals surface area (Å²) in [6.45, 7) is 2.60. The van der Waals surface area contributed by atoms with Crippen LogP contribution in [0.25, 0.3) is 11.1 Å². The van der Waals surface area contributed by atoms with E-state index in [9.17, 15) is 18.0 Å². The molecule has 2 N–H and O–H groups in total. The second-order valence-electron chi connectivity index (χ2n) is 11.8. The fourth-order valence-corrected chi connectivity index (χ4v) is 7.86. The number of sulfonamides is 1. The zero-order valence-electron chi connectivity index (χ0n) is 25.9. The van der Waals surface area contributed by atoms with E-state index in [1.165, 1.54) is 6.07 Å². The van der Waals surface area contributed by atoms with Gasteiger partial charge in [-0.1, -0.05) is 76.6 Å². The van der Waals surface area contributed by atoms with E-state index in [1.54, 1.807) is 54.3 Å². The average Bonchev–Trinajstić information content (AvgIpc) is 3.41. The predicted octanol–water partition coefficient (Wildman–Crippen LogP) is 7.51. The van der Waals surface area contributed by atoms with Gasteiger partial charge in [0.1, 0.15) is 12.3 Å². The summed E-state index contributed by atoms with van der Waals surface area (Å²) >= 11 is 3.34. The molecule has 0 spiro atoms. The number of carbonyl (C=O) groups excluding carboxylic acids is 2. The smallest absolute Gasteiger partial charge is 0.410 e. The topological polar surface area (TPSA) is 118 Å². The number of aryl methyl sites for hydroxylation is 1. The van der Waals surface area contributed by atoms with Gasteiger partial charge in [-0.3, -0.25) is 9.52 Å². The Morgan fingerprint density at radius 3 is 2.27 bits per heavy atom. The van der Waals surface area contributed by atoms with Crippen LogP contribution in [0.4, 0.5) is 16.2 Å². The average molecular weight is 724 g/mol. The lowest BCUT2D eigenvalue weighted by Crippen LogP contribution is -2.37. The Balaban J connectivity index is 1.02. The van der Waals surface area contributed by atoms with Crippen LogP contribution in [-0.4, -0.2) is 43.5 Å². The molecule has 0 unspecified atom stereocenters. The van der Waals surface area contributed by atoms with Crippen LogP contribution in [0.5, 0.6) is 0 Å². The van der Waals surface area contributed by atoms with Gasteiger partial charge in [0, 0.05) is 28.3 Å². The van der Waals surface area contributed by atoms with Gasteiger partial charge in [-0.2, -0.15) is 0 Å². The molecule has 11 heteroatoms. The van der Waals surface area contributed by atoms with Gasteiger partial charge in [0.2, 0.25) is 0 Å². The van der Waals surface area contributed by atoms with Crippen molar-refractivity contribution in [2.24, 2.45) is 0 Å². The summed E-state index contributed by atoms with van der Waals surface area (Å²) in [6.07, 6.45) is 0.156. The first kappa shape index (κ1) is 31.6. The highest BCUT2D eigenvalue weighted by Gasteiger charge is 2.31. The Labute approximate surface area is 287 Å². The SMILES string of the molecule is Cc1ccc(NC(=O)c2ccc3c(n2)CN(C(=O)OCC2c4ccccc4-c4ccccc42)CC3)cc1S(=O)(=O)Nc1ccc(Br)cc1. The second-order valence-corrected chi connectivity index (χ2v) is 14.4. The summed E-state index contributed by atoms with van der Waals surface area (Å²) < 4.78 is 35.7. The summed E-state index contributed by atoms with van der Waals surface area (Å²) in [4.78, 5) is 32.8. The molecule has 5 aromatic rings. The number of amides is 2. The Hall–Kier alpha value is -5.00. The molecule has 0 bridgehead atoms. The number of carbonyl (C=O) groups is 2. The molecule has 4 aromatic carbocycles. The molecule has 0 radical (unpaired) electrons. The van der Waals surface area contributed by atoms with E-state index in [2.05, 4.69) is 55.2 Å². The summed E-state index contributed by atoms with van der Waals surface area (Å²) in [5, 5.41) is 2.77. The molecule has 2 aliphatic rings. The first-order valence-electron chi connectivity index (χ1n) is 15.5. The van der Waals surface area contributed by atoms with Crippen molar-refractivity contribution >= 4 is 49.3 Å². The Morgan fingerprint density at radius 1 is 0.896 bits per heavy atom. The fraction of sp³-hybridized carbons (Fsp3) is 0.162. The maximum absolute atomic E-state index is 13.3. The third kappa shape index (κ3) is 6.31. The van der Waals surface area contributed by atoms with Crippen LogP contribution in [0, 0.1) is 6.92 Å². The number of anilines is 2. The molecule has 0 atom stereocenters. The molecular weight excluding hydrogens is 692 g/mol. The van der Waals surface area contributed by atoms with Crippen molar-refractivity contribution in [1.29, 1.82) is 0 Å². The van der Waals surface area contributed by atoms with Crippen LogP contribution in [0.15, 0.2) is 112 Å². The van der Waals surface area contributed by atoms with Gasteiger partial charge in [0.15, 0.2) is 0 Å². The lowest BCUT2D eigenvalue weighted by atomic mass is 9.98. The highest BCUT2D eigenvalue weighted by atomic mass is 79.9. The summed E-state index contributed by atoms with van der Waals surface area (Å²) in [5.41, 5.74) is 7.59. The number of aromatic nitrogens is 1. The standard InChI is InChI=1S/C37H31BrN4O5S/c1-23-10-14-27(20-35(23)48(45,46)41-26-15-12-25(38)13-16-26)39-36(43)33-17-11-24-18-19-42(21-34(24)40-33)37(44)47-22-32-30-8-4-2-6-28(30)29-7-3-5-9-31(29)32/h2-17,20,32,41H,18-19,21-22H2,1H3,(H,39,43). The van der Waals surface area contributed by atoms with Crippen molar-refractivity contribution in [3.05, 3.63) is 141 Å². The zero-order chi connectivity index (χ0) is 33.4. The number of pyridine rings is 1. The number of nitrogens with one attached hydrogen (secondary N) is 2. The molecule has 0 fully saturated rings. The third-order valence-corrected chi connectivity index (χ3v) is 10.8. The van der Waals surface area contributed by atoms with Crippen molar-refractivity contribution in [3.8, 4) is 11.1 Å². The van der Waals surface area contributed by atoms with E-state index in [1.807, 2.05) is 30.3 Å². The van der Waals surface area contributed by atoms with Crippen LogP contribution in [-0.2, 0) is 27.7 Å². The molecule has 1 aromatic heterocycles. The largest absolute Gasteiger partial charge is 0.448 e. The van der Waals surface area contributed by atoms with E-state index >= 15 is 0 Å². The van der Waals surface area contributed by atoms with E-state index in [0.29, 0.717) is 35.6 Å². The molecule has 2 amide bonds. The van der Waals surface area contributed by atoms with Crippen LogP contribution in [0.3, 0.4) is 0 Å². The fourth-order valence-electron chi connectivity index (χ4n) is 6.27. The van der Waals surface area contributed by atoms with Crippen LogP contribution < -0.4 is 10.0 Å². The zero-order valence-corrected chi connectivity index (χ0v) is 28.3. The van der Waals surface area contributed by atoms with Gasteiger partial charge < -0.3 is 15.0 Å². The van der Waals surface area contributed by atoms with Crippen molar-refractivity contribution in [2.75, 3.05) is 23.2 Å². The minimum Gasteiger partial charge on any atom is -0.448 e. The van der Waals surface area contributed by atoms with Crippen molar-refractivity contribution in [2.45, 2.75) is 30.7 Å². The monoisotopic (exact) mass is 722 g/mol. The number of fused-ring (bicyclic) bond motifs is 4. The third-order valence-electron chi connectivity index (χ3n) is 8.72. The summed E-state index contributed by atoms with van der Waals surface area (Å²) in [7, 11) is -3.93. The Morgan fingerprint density at radius 2 is 1.56 bits per heavy atom. The molecule has 0 saturated heterocycles. The number of rotatable bonds is 7. The minimum absolute atomic E-state index is 0.0410. The van der Waals surface area contributed by atoms with Crippen LogP contribution >= 0.6 is 15.9 Å². The van der Waals surface area contributed by atoms with Crippen LogP contribution in [0.2, 0.25) is 0 Å². The Kier molecular flexibility index (Phi) is 8.49. The van der Waals surface area contributed by atoms with Gasteiger partial charge in [-0.05, 0) is 89.2 Å². The van der Waals surface area contributed by atoms with E-state index < -0.39 is 22.0 Å². The molecule has 0 saturated carbocycles. The van der Waals surface area contributed by atoms with Crippen molar-refractivity contribution < 1.29 is 22.7 Å². The maximum Gasteiger partial charge on any atom is 0.410 e. The van der Waals surface area contributed by atoms with Gasteiger partial charge in [0.05, 0.1) is 17.1 Å². The highest BCUT2D eigenvalue weighted by molar-refractivity contribution is 9.10. The van der Waals surface area contributed by atoms with Gasteiger partial charge >= 0.3 is 6.09 Å². The van der Waals surface area contributed by atoms with E-state index in [-0.39, 0.29) is 29.7 Å². The predicted molar refractivity (Wildman–Crippen MR) is 188 cm³/mol. The molecule has 9 nitrogen and oxygen atoms in total. The molecule has 7 rings (SSSR count). The number of halogens is 1. The van der Waals surface area contributed by atoms with E-state index in [0.717, 1.165) is 32.3 Å². The van der Waals surface area contributed by atoms with Gasteiger partial charge in [-0.15, -0.1) is 0 Å². The number of ether oxygens (including phenoxy) is 1. The van der Waals surface area contributed by atoms with Gasteiger partial charge in [-0.25, -0.2) is 18.2 Å². The Bertz CT molecular complexity index is 2130. The molecule has 48 heavy (non-hydrogen) atoms. The van der Waals surface area contributed by atoms with Crippen LogP contribution in [0.1, 0.15) is 44.4 Å². The molecular formula is C37H31BrN4O5S. The van der Waals surface area contributed by atoms with Gasteiger partial charge in [0.25, 0.3) is 15.9 Å². The number of hydrogen-bond acceptors (Lipinski definition) is 6. The number of hydrogen-bond donors (Lipinski definition) is 2. The highest BCUT2D eigenvalue weighted by Crippen LogP contribution is 2.44. The maximum atomic E-state index is 13.3. The lowest BCUT2D eigenvalue weighted by Gasteiger charge is -2.28. The van der Waals surface area contributed by atoms with E-state index in [4.69, 9.17) is 4.74 Å². The summed E-state index contributed by atoms with van der Waals surface area (Å²) in [5.74, 6) is -0.537. The molecule has 1 aliphatic heterocycles. The first-order chi connectivity index (χ1) is 23.2. The lowest BCUT2D eigenvalue weighted by molar-refractivity contribution is 0.0947. The number of benzene rings is 4. The number of nitrogens with zero attached hydrogens (tertiary/aromatic N) is 2. The summed E-state index contributed by atoms with van der Waals surface area (Å²) in [6, 6.07) is 31.4. The molecule has 242 valence electrons.